The van der Waals surface area contributed by atoms with Crippen LogP contribution in [0.4, 0.5) is 13.6 Å². The molecule has 0 aliphatic carbocycles. The summed E-state index contributed by atoms with van der Waals surface area (Å²) in [6.07, 6.45) is -0.928. The van der Waals surface area contributed by atoms with Crippen LogP contribution in [0.3, 0.4) is 0 Å². The first-order valence-electron chi connectivity index (χ1n) is 6.93. The van der Waals surface area contributed by atoms with Gasteiger partial charge in [-0.2, -0.15) is 0 Å². The molecule has 0 N–H and O–H groups in total. The largest absolute Gasteiger partial charge is 0.484 e. The number of nitrogens with zero attached hydrogens (tertiary/aromatic N) is 1. The molecule has 1 aliphatic rings. The SMILES string of the molecule is C=C1CN(C(=O)OC(C)(C)C)C[C@@H]1Oc1ccc(F)c(F)c1. The zero-order valence-corrected chi connectivity index (χ0v) is 12.9. The van der Waals surface area contributed by atoms with Crippen LogP contribution in [0, 0.1) is 11.6 Å². The van der Waals surface area contributed by atoms with E-state index in [1.165, 1.54) is 11.0 Å². The smallest absolute Gasteiger partial charge is 0.410 e. The molecular formula is C16H19F2NO3. The second-order valence-electron chi connectivity index (χ2n) is 6.20. The van der Waals surface area contributed by atoms with Crippen molar-refractivity contribution in [2.45, 2.75) is 32.5 Å². The maximum absolute atomic E-state index is 13.2. The summed E-state index contributed by atoms with van der Waals surface area (Å²) in [6.45, 7) is 9.77. The van der Waals surface area contributed by atoms with Gasteiger partial charge in [-0.25, -0.2) is 13.6 Å². The molecule has 4 nitrogen and oxygen atoms in total. The van der Waals surface area contributed by atoms with E-state index >= 15 is 0 Å². The van der Waals surface area contributed by atoms with Gasteiger partial charge in [0.15, 0.2) is 11.6 Å². The van der Waals surface area contributed by atoms with Crippen molar-refractivity contribution in [2.24, 2.45) is 0 Å². The van der Waals surface area contributed by atoms with Gasteiger partial charge in [0.2, 0.25) is 0 Å². The number of rotatable bonds is 2. The minimum absolute atomic E-state index is 0.191. The molecule has 6 heteroatoms. The number of halogens is 2. The number of carbonyl (C=O) groups excluding carboxylic acids is 1. The fraction of sp³-hybridized carbons (Fsp3) is 0.438. The zero-order valence-electron chi connectivity index (χ0n) is 12.9. The molecule has 1 atom stereocenters. The van der Waals surface area contributed by atoms with Gasteiger partial charge in [0, 0.05) is 12.6 Å². The third-order valence-corrected chi connectivity index (χ3v) is 3.06. The highest BCUT2D eigenvalue weighted by Crippen LogP contribution is 2.24. The Morgan fingerprint density at radius 3 is 2.59 bits per heavy atom. The van der Waals surface area contributed by atoms with Crippen molar-refractivity contribution < 1.29 is 23.0 Å². The van der Waals surface area contributed by atoms with Gasteiger partial charge in [-0.3, -0.25) is 0 Å². The first kappa shape index (κ1) is 16.3. The first-order chi connectivity index (χ1) is 10.2. The van der Waals surface area contributed by atoms with Crippen LogP contribution in [-0.2, 0) is 4.74 Å². The van der Waals surface area contributed by atoms with Gasteiger partial charge in [0.1, 0.15) is 17.5 Å². The van der Waals surface area contributed by atoms with Gasteiger partial charge in [-0.1, -0.05) is 6.58 Å². The van der Waals surface area contributed by atoms with E-state index in [2.05, 4.69) is 6.58 Å². The van der Waals surface area contributed by atoms with Gasteiger partial charge < -0.3 is 14.4 Å². The van der Waals surface area contributed by atoms with Gasteiger partial charge in [-0.05, 0) is 38.5 Å². The third kappa shape index (κ3) is 3.96. The Kier molecular flexibility index (Phi) is 4.39. The molecule has 0 bridgehead atoms. The Morgan fingerprint density at radius 1 is 1.32 bits per heavy atom. The second kappa shape index (κ2) is 5.94. The van der Waals surface area contributed by atoms with Crippen molar-refractivity contribution in [1.29, 1.82) is 0 Å². The molecule has 0 radical (unpaired) electrons. The van der Waals surface area contributed by atoms with E-state index in [1.807, 2.05) is 0 Å². The maximum Gasteiger partial charge on any atom is 0.410 e. The molecule has 1 aliphatic heterocycles. The average molecular weight is 311 g/mol. The summed E-state index contributed by atoms with van der Waals surface area (Å²) in [5.41, 5.74) is 0.0906. The summed E-state index contributed by atoms with van der Waals surface area (Å²) in [6, 6.07) is 3.30. The van der Waals surface area contributed by atoms with E-state index in [0.717, 1.165) is 12.1 Å². The van der Waals surface area contributed by atoms with E-state index in [0.29, 0.717) is 12.1 Å². The summed E-state index contributed by atoms with van der Waals surface area (Å²) < 4.78 is 36.9. The van der Waals surface area contributed by atoms with Gasteiger partial charge in [0.25, 0.3) is 0 Å². The Bertz CT molecular complexity index is 596. The third-order valence-electron chi connectivity index (χ3n) is 3.06. The van der Waals surface area contributed by atoms with Crippen LogP contribution in [0.5, 0.6) is 5.75 Å². The topological polar surface area (TPSA) is 38.8 Å². The second-order valence-corrected chi connectivity index (χ2v) is 6.20. The lowest BCUT2D eigenvalue weighted by Crippen LogP contribution is -2.36. The molecule has 22 heavy (non-hydrogen) atoms. The lowest BCUT2D eigenvalue weighted by Gasteiger charge is -2.24. The lowest BCUT2D eigenvalue weighted by atomic mass is 10.2. The summed E-state index contributed by atoms with van der Waals surface area (Å²) in [4.78, 5) is 13.5. The number of amides is 1. The predicted octanol–water partition coefficient (Wildman–Crippen LogP) is 3.52. The molecule has 1 fully saturated rings. The van der Waals surface area contributed by atoms with Gasteiger partial charge >= 0.3 is 6.09 Å². The molecule has 0 unspecified atom stereocenters. The molecule has 1 aromatic rings. The maximum atomic E-state index is 13.2. The Hall–Kier alpha value is -2.11. The summed E-state index contributed by atoms with van der Waals surface area (Å²) in [7, 11) is 0. The Morgan fingerprint density at radius 2 is 2.00 bits per heavy atom. The molecule has 0 saturated carbocycles. The Balaban J connectivity index is 2.00. The number of likely N-dealkylation sites (tertiary alicyclic amines) is 1. The van der Waals surface area contributed by atoms with E-state index in [1.54, 1.807) is 20.8 Å². The van der Waals surface area contributed by atoms with Crippen LogP contribution >= 0.6 is 0 Å². The predicted molar refractivity (Wildman–Crippen MR) is 77.7 cm³/mol. The standard InChI is InChI=1S/C16H19F2NO3/c1-10-8-19(15(20)22-16(2,3)4)9-14(10)21-11-5-6-12(17)13(18)7-11/h5-7,14H,1,8-9H2,2-4H3/t14-/m0/s1. The van der Waals surface area contributed by atoms with Crippen molar-refractivity contribution in [1.82, 2.24) is 4.90 Å². The van der Waals surface area contributed by atoms with Crippen LogP contribution in [0.25, 0.3) is 0 Å². The van der Waals surface area contributed by atoms with Crippen molar-refractivity contribution in [3.63, 3.8) is 0 Å². The number of hydrogen-bond acceptors (Lipinski definition) is 3. The van der Waals surface area contributed by atoms with E-state index < -0.39 is 29.4 Å². The average Bonchev–Trinajstić information content (AvgIpc) is 2.74. The molecule has 0 aromatic heterocycles. The van der Waals surface area contributed by atoms with Crippen LogP contribution in [0.1, 0.15) is 20.8 Å². The van der Waals surface area contributed by atoms with Crippen molar-refractivity contribution in [3.05, 3.63) is 42.0 Å². The van der Waals surface area contributed by atoms with Crippen LogP contribution in [-0.4, -0.2) is 35.8 Å². The first-order valence-corrected chi connectivity index (χ1v) is 6.93. The van der Waals surface area contributed by atoms with E-state index in [-0.39, 0.29) is 12.3 Å². The minimum Gasteiger partial charge on any atom is -0.484 e. The Labute approximate surface area is 128 Å². The molecule has 120 valence electrons. The fourth-order valence-electron chi connectivity index (χ4n) is 2.04. The summed E-state index contributed by atoms with van der Waals surface area (Å²) in [5, 5.41) is 0. The number of benzene rings is 1. The van der Waals surface area contributed by atoms with Crippen LogP contribution < -0.4 is 4.74 Å². The quantitative estimate of drug-likeness (QED) is 0.785. The molecule has 1 saturated heterocycles. The number of carbonyl (C=O) groups is 1. The summed E-state index contributed by atoms with van der Waals surface area (Å²) in [5.74, 6) is -1.73. The normalized spacial score (nSPS) is 18.5. The minimum atomic E-state index is -0.981. The number of hydrogen-bond donors (Lipinski definition) is 0. The molecule has 2 rings (SSSR count). The molecule has 1 aromatic carbocycles. The molecule has 1 heterocycles. The fourth-order valence-corrected chi connectivity index (χ4v) is 2.04. The van der Waals surface area contributed by atoms with Crippen LogP contribution in [0.2, 0.25) is 0 Å². The van der Waals surface area contributed by atoms with Gasteiger partial charge in [-0.15, -0.1) is 0 Å². The van der Waals surface area contributed by atoms with E-state index in [4.69, 9.17) is 9.47 Å². The zero-order chi connectivity index (χ0) is 16.5. The van der Waals surface area contributed by atoms with Crippen molar-refractivity contribution >= 4 is 6.09 Å². The monoisotopic (exact) mass is 311 g/mol. The highest BCUT2D eigenvalue weighted by atomic mass is 19.2. The highest BCUT2D eigenvalue weighted by molar-refractivity contribution is 5.69. The summed E-state index contributed by atoms with van der Waals surface area (Å²) >= 11 is 0. The number of ether oxygens (including phenoxy) is 2. The highest BCUT2D eigenvalue weighted by Gasteiger charge is 2.33. The van der Waals surface area contributed by atoms with Crippen LogP contribution in [0.15, 0.2) is 30.4 Å². The molecule has 0 spiro atoms. The molecule has 1 amide bonds. The van der Waals surface area contributed by atoms with Crippen molar-refractivity contribution in [2.75, 3.05) is 13.1 Å². The van der Waals surface area contributed by atoms with Crippen molar-refractivity contribution in [3.8, 4) is 5.75 Å². The lowest BCUT2D eigenvalue weighted by molar-refractivity contribution is 0.0276. The van der Waals surface area contributed by atoms with E-state index in [9.17, 15) is 13.6 Å². The van der Waals surface area contributed by atoms with Gasteiger partial charge in [0.05, 0.1) is 6.54 Å². The molecular weight excluding hydrogens is 292 g/mol.